The summed E-state index contributed by atoms with van der Waals surface area (Å²) in [5.41, 5.74) is 1.38. The Morgan fingerprint density at radius 1 is 1.00 bits per heavy atom. The molecule has 1 amide bonds. The molecule has 0 aliphatic heterocycles. The first-order chi connectivity index (χ1) is 14.4. The molecule has 0 aliphatic rings. The molecule has 0 fully saturated rings. The summed E-state index contributed by atoms with van der Waals surface area (Å²) in [6, 6.07) is 12.3. The second-order valence-electron chi connectivity index (χ2n) is 6.91. The second-order valence-corrected chi connectivity index (χ2v) is 6.91. The molecular weight excluding hydrogens is 382 g/mol. The van der Waals surface area contributed by atoms with Crippen LogP contribution in [-0.4, -0.2) is 51.0 Å². The van der Waals surface area contributed by atoms with Crippen LogP contribution in [-0.2, 0) is 4.79 Å². The Morgan fingerprint density at radius 3 is 2.37 bits per heavy atom. The number of benzene rings is 2. The van der Waals surface area contributed by atoms with Gasteiger partial charge in [0.15, 0.2) is 23.9 Å². The topological polar surface area (TPSA) is 65.1 Å². The average molecular weight is 411 g/mol. The molecule has 2 aromatic carbocycles. The predicted octanol–water partition coefficient (Wildman–Crippen LogP) is 4.24. The van der Waals surface area contributed by atoms with Gasteiger partial charge in [0, 0.05) is 19.7 Å². The number of ketones is 1. The van der Waals surface area contributed by atoms with Gasteiger partial charge in [-0.2, -0.15) is 0 Å². The van der Waals surface area contributed by atoms with E-state index >= 15 is 0 Å². The Kier molecular flexibility index (Phi) is 8.94. The van der Waals surface area contributed by atoms with E-state index in [0.29, 0.717) is 29.4 Å². The standard InChI is InChI=1S/C24H29NO5/c1-5-6-15-29-23-16-18(8-14-22(23)28-4)7-13-21(26)19-9-11-20(12-10-19)30-17-24(27)25(2)3/h7-14,16H,5-6,15,17H2,1-4H3/b13-7+. The number of hydrogen-bond acceptors (Lipinski definition) is 5. The number of likely N-dealkylation sites (N-methyl/N-ethyl adjacent to an activating group) is 1. The number of carbonyl (C=O) groups excluding carboxylic acids is 2. The molecule has 0 saturated heterocycles. The zero-order chi connectivity index (χ0) is 21.9. The Bertz CT molecular complexity index is 872. The van der Waals surface area contributed by atoms with Gasteiger partial charge in [0.05, 0.1) is 13.7 Å². The Balaban J connectivity index is 2.01. The van der Waals surface area contributed by atoms with E-state index in [9.17, 15) is 9.59 Å². The van der Waals surface area contributed by atoms with E-state index < -0.39 is 0 Å². The van der Waals surface area contributed by atoms with Crippen molar-refractivity contribution < 1.29 is 23.8 Å². The zero-order valence-corrected chi connectivity index (χ0v) is 18.0. The van der Waals surface area contributed by atoms with E-state index in [4.69, 9.17) is 14.2 Å². The molecule has 0 bridgehead atoms. The molecule has 2 rings (SSSR count). The summed E-state index contributed by atoms with van der Waals surface area (Å²) in [6.07, 6.45) is 5.27. The highest BCUT2D eigenvalue weighted by atomic mass is 16.5. The van der Waals surface area contributed by atoms with Crippen LogP contribution >= 0.6 is 0 Å². The van der Waals surface area contributed by atoms with Crippen LogP contribution in [0.15, 0.2) is 48.5 Å². The Hall–Kier alpha value is -3.28. The summed E-state index contributed by atoms with van der Waals surface area (Å²) in [5, 5.41) is 0. The molecule has 0 atom stereocenters. The van der Waals surface area contributed by atoms with Crippen LogP contribution in [0.5, 0.6) is 17.2 Å². The monoisotopic (exact) mass is 411 g/mol. The normalized spacial score (nSPS) is 10.7. The number of amides is 1. The predicted molar refractivity (Wildman–Crippen MR) is 117 cm³/mol. The number of allylic oxidation sites excluding steroid dienone is 1. The first-order valence-electron chi connectivity index (χ1n) is 9.90. The molecule has 6 nitrogen and oxygen atoms in total. The van der Waals surface area contributed by atoms with Crippen molar-refractivity contribution in [3.05, 3.63) is 59.7 Å². The fraction of sp³-hybridized carbons (Fsp3) is 0.333. The Morgan fingerprint density at radius 2 is 1.73 bits per heavy atom. The summed E-state index contributed by atoms with van der Waals surface area (Å²) >= 11 is 0. The molecule has 2 aromatic rings. The van der Waals surface area contributed by atoms with Crippen LogP contribution in [0.1, 0.15) is 35.7 Å². The van der Waals surface area contributed by atoms with Crippen LogP contribution < -0.4 is 14.2 Å². The van der Waals surface area contributed by atoms with Gasteiger partial charge in [-0.25, -0.2) is 0 Å². The van der Waals surface area contributed by atoms with Gasteiger partial charge in [-0.15, -0.1) is 0 Å². The van der Waals surface area contributed by atoms with E-state index in [1.165, 1.54) is 11.0 Å². The second kappa shape index (κ2) is 11.7. The van der Waals surface area contributed by atoms with Gasteiger partial charge in [-0.1, -0.05) is 25.5 Å². The lowest BCUT2D eigenvalue weighted by molar-refractivity contribution is -0.130. The van der Waals surface area contributed by atoms with E-state index in [-0.39, 0.29) is 18.3 Å². The third kappa shape index (κ3) is 6.95. The van der Waals surface area contributed by atoms with Gasteiger partial charge < -0.3 is 19.1 Å². The van der Waals surface area contributed by atoms with Crippen molar-refractivity contribution in [2.24, 2.45) is 0 Å². The third-order valence-electron chi connectivity index (χ3n) is 4.37. The van der Waals surface area contributed by atoms with Crippen LogP contribution in [0.3, 0.4) is 0 Å². The highest BCUT2D eigenvalue weighted by Crippen LogP contribution is 2.29. The number of rotatable bonds is 11. The van der Waals surface area contributed by atoms with Crippen molar-refractivity contribution >= 4 is 17.8 Å². The van der Waals surface area contributed by atoms with Crippen molar-refractivity contribution in [3.8, 4) is 17.2 Å². The van der Waals surface area contributed by atoms with Crippen LogP contribution in [0, 0.1) is 0 Å². The summed E-state index contributed by atoms with van der Waals surface area (Å²) in [6.45, 7) is 2.68. The molecule has 0 aliphatic carbocycles. The lowest BCUT2D eigenvalue weighted by Crippen LogP contribution is -2.27. The molecule has 0 spiro atoms. The Labute approximate surface area is 178 Å². The van der Waals surface area contributed by atoms with Gasteiger partial charge in [-0.3, -0.25) is 9.59 Å². The van der Waals surface area contributed by atoms with E-state index in [2.05, 4.69) is 6.92 Å². The molecule has 160 valence electrons. The summed E-state index contributed by atoms with van der Waals surface area (Å²) < 4.78 is 16.5. The highest BCUT2D eigenvalue weighted by molar-refractivity contribution is 6.06. The maximum Gasteiger partial charge on any atom is 0.259 e. The first kappa shape index (κ1) is 23.0. The summed E-state index contributed by atoms with van der Waals surface area (Å²) in [5.74, 6) is 1.60. The number of hydrogen-bond donors (Lipinski definition) is 0. The van der Waals surface area contributed by atoms with Crippen molar-refractivity contribution in [1.29, 1.82) is 0 Å². The minimum atomic E-state index is -0.129. The first-order valence-corrected chi connectivity index (χ1v) is 9.90. The smallest absolute Gasteiger partial charge is 0.259 e. The molecule has 6 heteroatoms. The number of unbranched alkanes of at least 4 members (excludes halogenated alkanes) is 1. The van der Waals surface area contributed by atoms with Gasteiger partial charge in [-0.05, 0) is 54.5 Å². The van der Waals surface area contributed by atoms with Crippen molar-refractivity contribution in [3.63, 3.8) is 0 Å². The minimum absolute atomic E-state index is 0.0413. The van der Waals surface area contributed by atoms with Gasteiger partial charge in [0.2, 0.25) is 0 Å². The lowest BCUT2D eigenvalue weighted by atomic mass is 10.1. The maximum atomic E-state index is 12.5. The minimum Gasteiger partial charge on any atom is -0.493 e. The summed E-state index contributed by atoms with van der Waals surface area (Å²) in [4.78, 5) is 25.5. The summed E-state index contributed by atoms with van der Waals surface area (Å²) in [7, 11) is 4.94. The molecule has 0 aromatic heterocycles. The average Bonchev–Trinajstić information content (AvgIpc) is 2.76. The molecule has 0 saturated carbocycles. The van der Waals surface area contributed by atoms with Gasteiger partial charge >= 0.3 is 0 Å². The van der Waals surface area contributed by atoms with Crippen molar-refractivity contribution in [2.45, 2.75) is 19.8 Å². The number of carbonyl (C=O) groups is 2. The fourth-order valence-corrected chi connectivity index (χ4v) is 2.49. The van der Waals surface area contributed by atoms with E-state index in [1.807, 2.05) is 18.2 Å². The lowest BCUT2D eigenvalue weighted by Gasteiger charge is -2.11. The number of ether oxygens (including phenoxy) is 3. The molecule has 0 heterocycles. The largest absolute Gasteiger partial charge is 0.493 e. The maximum absolute atomic E-state index is 12.5. The molecule has 0 unspecified atom stereocenters. The molecular formula is C24H29NO5. The quantitative estimate of drug-likeness (QED) is 0.314. The van der Waals surface area contributed by atoms with E-state index in [1.54, 1.807) is 51.5 Å². The SMILES string of the molecule is CCCCOc1cc(/C=C/C(=O)c2ccc(OCC(=O)N(C)C)cc2)ccc1OC. The third-order valence-corrected chi connectivity index (χ3v) is 4.37. The van der Waals surface area contributed by atoms with Crippen LogP contribution in [0.2, 0.25) is 0 Å². The fourth-order valence-electron chi connectivity index (χ4n) is 2.49. The molecule has 0 N–H and O–H groups in total. The van der Waals surface area contributed by atoms with Crippen molar-refractivity contribution in [1.82, 2.24) is 4.90 Å². The van der Waals surface area contributed by atoms with Gasteiger partial charge in [0.25, 0.3) is 5.91 Å². The van der Waals surface area contributed by atoms with Gasteiger partial charge in [0.1, 0.15) is 5.75 Å². The van der Waals surface area contributed by atoms with Crippen molar-refractivity contribution in [2.75, 3.05) is 34.4 Å². The van der Waals surface area contributed by atoms with Crippen LogP contribution in [0.4, 0.5) is 0 Å². The van der Waals surface area contributed by atoms with E-state index in [0.717, 1.165) is 18.4 Å². The molecule has 0 radical (unpaired) electrons. The van der Waals surface area contributed by atoms with Crippen LogP contribution in [0.25, 0.3) is 6.08 Å². The highest BCUT2D eigenvalue weighted by Gasteiger charge is 2.08. The molecule has 30 heavy (non-hydrogen) atoms. The zero-order valence-electron chi connectivity index (χ0n) is 18.0. The number of methoxy groups -OCH3 is 1. The number of nitrogens with zero attached hydrogens (tertiary/aromatic N) is 1.